The number of carbonyl (C=O) groups excluding carboxylic acids is 2. The number of benzene rings is 1. The van der Waals surface area contributed by atoms with E-state index < -0.39 is 5.91 Å². The van der Waals surface area contributed by atoms with Crippen molar-refractivity contribution in [2.24, 2.45) is 5.92 Å². The first-order valence-electron chi connectivity index (χ1n) is 7.55. The molecule has 0 saturated carbocycles. The fraction of sp³-hybridized carbons (Fsp3) is 0.500. The van der Waals surface area contributed by atoms with Crippen LogP contribution in [0.1, 0.15) is 33.6 Å². The minimum atomic E-state index is -0.425. The summed E-state index contributed by atoms with van der Waals surface area (Å²) in [6.45, 7) is 6.05. The molecule has 0 aliphatic heterocycles. The third kappa shape index (κ3) is 5.63. The number of para-hydroxylation sites is 2. The fourth-order valence-electron chi connectivity index (χ4n) is 1.92. The SMILES string of the molecule is CCOc1ccccc1OCC(=O)NNC(=O)C(CC)CC. The molecule has 0 saturated heterocycles. The van der Waals surface area contributed by atoms with Gasteiger partial charge in [0.1, 0.15) is 0 Å². The van der Waals surface area contributed by atoms with Crippen molar-refractivity contribution in [3.05, 3.63) is 24.3 Å². The third-order valence-corrected chi connectivity index (χ3v) is 3.19. The van der Waals surface area contributed by atoms with E-state index in [2.05, 4.69) is 10.9 Å². The lowest BCUT2D eigenvalue weighted by atomic mass is 10.0. The number of hydrazine groups is 1. The Morgan fingerprint density at radius 3 is 2.14 bits per heavy atom. The van der Waals surface area contributed by atoms with Crippen LogP contribution in [0.15, 0.2) is 24.3 Å². The largest absolute Gasteiger partial charge is 0.490 e. The lowest BCUT2D eigenvalue weighted by Gasteiger charge is -2.14. The zero-order valence-electron chi connectivity index (χ0n) is 13.3. The molecule has 0 aliphatic rings. The van der Waals surface area contributed by atoms with Crippen LogP contribution in [0.25, 0.3) is 0 Å². The first kappa shape index (κ1) is 17.8. The molecule has 1 aromatic carbocycles. The van der Waals surface area contributed by atoms with Gasteiger partial charge in [0.2, 0.25) is 5.91 Å². The van der Waals surface area contributed by atoms with Gasteiger partial charge >= 0.3 is 0 Å². The van der Waals surface area contributed by atoms with Gasteiger partial charge in [0.05, 0.1) is 6.61 Å². The summed E-state index contributed by atoms with van der Waals surface area (Å²) in [4.78, 5) is 23.4. The van der Waals surface area contributed by atoms with Crippen molar-refractivity contribution in [2.75, 3.05) is 13.2 Å². The number of carbonyl (C=O) groups is 2. The summed E-state index contributed by atoms with van der Waals surface area (Å²) in [5, 5.41) is 0. The van der Waals surface area contributed by atoms with E-state index >= 15 is 0 Å². The summed E-state index contributed by atoms with van der Waals surface area (Å²) in [5.41, 5.74) is 4.76. The van der Waals surface area contributed by atoms with Gasteiger partial charge in [0.25, 0.3) is 5.91 Å². The highest BCUT2D eigenvalue weighted by atomic mass is 16.5. The topological polar surface area (TPSA) is 76.7 Å². The van der Waals surface area contributed by atoms with Crippen molar-refractivity contribution in [3.63, 3.8) is 0 Å². The first-order valence-corrected chi connectivity index (χ1v) is 7.55. The molecule has 0 aromatic heterocycles. The van der Waals surface area contributed by atoms with Crippen LogP contribution in [0.5, 0.6) is 11.5 Å². The second-order valence-electron chi connectivity index (χ2n) is 4.72. The van der Waals surface area contributed by atoms with Gasteiger partial charge < -0.3 is 9.47 Å². The molecular formula is C16H24N2O4. The van der Waals surface area contributed by atoms with Crippen LogP contribution >= 0.6 is 0 Å². The molecule has 0 spiro atoms. The number of nitrogens with one attached hydrogen (secondary N) is 2. The summed E-state index contributed by atoms with van der Waals surface area (Å²) < 4.78 is 10.8. The van der Waals surface area contributed by atoms with Crippen LogP contribution in [-0.2, 0) is 9.59 Å². The Morgan fingerprint density at radius 1 is 1.00 bits per heavy atom. The predicted octanol–water partition coefficient (Wildman–Crippen LogP) is 2.05. The summed E-state index contributed by atoms with van der Waals surface area (Å²) >= 11 is 0. The monoisotopic (exact) mass is 308 g/mol. The Morgan fingerprint density at radius 2 is 1.59 bits per heavy atom. The molecule has 6 nitrogen and oxygen atoms in total. The van der Waals surface area contributed by atoms with Gasteiger partial charge in [0.15, 0.2) is 18.1 Å². The van der Waals surface area contributed by atoms with Crippen LogP contribution in [0.3, 0.4) is 0 Å². The van der Waals surface area contributed by atoms with Crippen molar-refractivity contribution in [1.29, 1.82) is 0 Å². The highest BCUT2D eigenvalue weighted by Crippen LogP contribution is 2.26. The van der Waals surface area contributed by atoms with E-state index in [-0.39, 0.29) is 18.4 Å². The Kier molecular flexibility index (Phi) is 7.81. The zero-order valence-corrected chi connectivity index (χ0v) is 13.3. The van der Waals surface area contributed by atoms with E-state index in [0.29, 0.717) is 18.1 Å². The molecule has 22 heavy (non-hydrogen) atoms. The summed E-state index contributed by atoms with van der Waals surface area (Å²) in [6.07, 6.45) is 1.47. The molecule has 2 N–H and O–H groups in total. The van der Waals surface area contributed by atoms with Crippen LogP contribution in [-0.4, -0.2) is 25.0 Å². The highest BCUT2D eigenvalue weighted by Gasteiger charge is 2.14. The molecule has 0 radical (unpaired) electrons. The van der Waals surface area contributed by atoms with Gasteiger partial charge in [0, 0.05) is 5.92 Å². The standard InChI is InChI=1S/C16H24N2O4/c1-4-12(5-2)16(20)18-17-15(19)11-22-14-10-8-7-9-13(14)21-6-3/h7-10,12H,4-6,11H2,1-3H3,(H,17,19)(H,18,20). The fourth-order valence-corrected chi connectivity index (χ4v) is 1.92. The molecule has 2 amide bonds. The Balaban J connectivity index is 2.42. The van der Waals surface area contributed by atoms with E-state index in [1.54, 1.807) is 18.2 Å². The van der Waals surface area contributed by atoms with Gasteiger partial charge in [-0.3, -0.25) is 20.4 Å². The van der Waals surface area contributed by atoms with Crippen molar-refractivity contribution in [2.45, 2.75) is 33.6 Å². The molecule has 1 rings (SSSR count). The number of hydrogen-bond acceptors (Lipinski definition) is 4. The average Bonchev–Trinajstić information content (AvgIpc) is 2.53. The molecule has 0 aliphatic carbocycles. The quantitative estimate of drug-likeness (QED) is 0.721. The number of rotatable bonds is 8. The molecule has 122 valence electrons. The first-order chi connectivity index (χ1) is 10.6. The van der Waals surface area contributed by atoms with Crippen molar-refractivity contribution >= 4 is 11.8 Å². The van der Waals surface area contributed by atoms with Crippen LogP contribution < -0.4 is 20.3 Å². The van der Waals surface area contributed by atoms with E-state index in [4.69, 9.17) is 9.47 Å². The molecular weight excluding hydrogens is 284 g/mol. The summed E-state index contributed by atoms with van der Waals surface area (Å²) in [6, 6.07) is 7.12. The number of amides is 2. The van der Waals surface area contributed by atoms with Crippen LogP contribution in [0.2, 0.25) is 0 Å². The van der Waals surface area contributed by atoms with E-state index in [0.717, 1.165) is 12.8 Å². The van der Waals surface area contributed by atoms with Gasteiger partial charge in [-0.1, -0.05) is 26.0 Å². The van der Waals surface area contributed by atoms with Gasteiger partial charge in [-0.2, -0.15) is 0 Å². The number of ether oxygens (including phenoxy) is 2. The normalized spacial score (nSPS) is 10.2. The Hall–Kier alpha value is -2.24. The second-order valence-corrected chi connectivity index (χ2v) is 4.72. The van der Waals surface area contributed by atoms with Crippen LogP contribution in [0, 0.1) is 5.92 Å². The van der Waals surface area contributed by atoms with Crippen LogP contribution in [0.4, 0.5) is 0 Å². The minimum Gasteiger partial charge on any atom is -0.490 e. The Bertz CT molecular complexity index is 487. The molecule has 0 bridgehead atoms. The lowest BCUT2D eigenvalue weighted by Crippen LogP contribution is -2.46. The highest BCUT2D eigenvalue weighted by molar-refractivity contribution is 5.83. The summed E-state index contributed by atoms with van der Waals surface area (Å²) in [7, 11) is 0. The number of hydrogen-bond donors (Lipinski definition) is 2. The van der Waals surface area contributed by atoms with E-state index in [1.165, 1.54) is 0 Å². The zero-order chi connectivity index (χ0) is 16.4. The van der Waals surface area contributed by atoms with Gasteiger partial charge in [-0.05, 0) is 31.9 Å². The maximum atomic E-state index is 11.7. The van der Waals surface area contributed by atoms with Crippen molar-refractivity contribution in [1.82, 2.24) is 10.9 Å². The predicted molar refractivity (Wildman–Crippen MR) is 83.5 cm³/mol. The molecule has 0 unspecified atom stereocenters. The minimum absolute atomic E-state index is 0.0973. The van der Waals surface area contributed by atoms with Gasteiger partial charge in [-0.15, -0.1) is 0 Å². The maximum absolute atomic E-state index is 11.7. The van der Waals surface area contributed by atoms with Gasteiger partial charge in [-0.25, -0.2) is 0 Å². The lowest BCUT2D eigenvalue weighted by molar-refractivity contribution is -0.132. The third-order valence-electron chi connectivity index (χ3n) is 3.19. The maximum Gasteiger partial charge on any atom is 0.276 e. The van der Waals surface area contributed by atoms with Crippen molar-refractivity contribution < 1.29 is 19.1 Å². The molecule has 0 fully saturated rings. The average molecular weight is 308 g/mol. The molecule has 0 heterocycles. The molecule has 6 heteroatoms. The molecule has 1 aromatic rings. The van der Waals surface area contributed by atoms with E-state index in [9.17, 15) is 9.59 Å². The van der Waals surface area contributed by atoms with E-state index in [1.807, 2.05) is 26.8 Å². The van der Waals surface area contributed by atoms with Crippen molar-refractivity contribution in [3.8, 4) is 11.5 Å². The summed E-state index contributed by atoms with van der Waals surface area (Å²) in [5.74, 6) is 0.364. The smallest absolute Gasteiger partial charge is 0.276 e. The second kappa shape index (κ2) is 9.65. The molecule has 0 atom stereocenters. The Labute approximate surface area is 131 Å².